The molecule has 1 saturated heterocycles. The highest BCUT2D eigenvalue weighted by atomic mass is 35.5. The molecule has 1 fully saturated rings. The van der Waals surface area contributed by atoms with E-state index in [2.05, 4.69) is 5.32 Å². The lowest BCUT2D eigenvalue weighted by molar-refractivity contribution is -0.118. The average molecular weight is 393 g/mol. The third-order valence-electron chi connectivity index (χ3n) is 4.51. The van der Waals surface area contributed by atoms with E-state index < -0.39 is 5.82 Å². The van der Waals surface area contributed by atoms with Crippen molar-refractivity contribution >= 4 is 28.9 Å². The molecular formula is C20H22ClFN2O3. The monoisotopic (exact) mass is 392 g/mol. The Hall–Kier alpha value is -2.31. The lowest BCUT2D eigenvalue weighted by atomic mass is 10.1. The van der Waals surface area contributed by atoms with Crippen molar-refractivity contribution in [2.75, 3.05) is 43.1 Å². The van der Waals surface area contributed by atoms with Crippen molar-refractivity contribution in [3.8, 4) is 5.75 Å². The van der Waals surface area contributed by atoms with Gasteiger partial charge in [-0.2, -0.15) is 0 Å². The summed E-state index contributed by atoms with van der Waals surface area (Å²) < 4.78 is 24.8. The van der Waals surface area contributed by atoms with Crippen LogP contribution in [0.2, 0.25) is 5.02 Å². The van der Waals surface area contributed by atoms with Gasteiger partial charge in [-0.1, -0.05) is 17.7 Å². The minimum atomic E-state index is -0.584. The molecular weight excluding hydrogens is 371 g/mol. The number of anilines is 2. The number of carbonyl (C=O) groups is 1. The first kappa shape index (κ1) is 19.5. The third-order valence-corrected chi connectivity index (χ3v) is 4.80. The van der Waals surface area contributed by atoms with Crippen LogP contribution in [0, 0.1) is 19.7 Å². The van der Waals surface area contributed by atoms with Crippen LogP contribution in [0.15, 0.2) is 30.3 Å². The maximum absolute atomic E-state index is 14.0. The van der Waals surface area contributed by atoms with Crippen LogP contribution in [-0.2, 0) is 9.53 Å². The van der Waals surface area contributed by atoms with Crippen LogP contribution in [0.4, 0.5) is 15.8 Å². The zero-order valence-electron chi connectivity index (χ0n) is 15.4. The number of halogens is 2. The molecule has 5 nitrogen and oxygen atoms in total. The summed E-state index contributed by atoms with van der Waals surface area (Å²) in [5.41, 5.74) is 3.28. The van der Waals surface area contributed by atoms with Gasteiger partial charge in [0.1, 0.15) is 11.6 Å². The van der Waals surface area contributed by atoms with Crippen LogP contribution in [0.1, 0.15) is 11.1 Å². The minimum absolute atomic E-state index is 0.0147. The number of aryl methyl sites for hydroxylation is 2. The number of morpholine rings is 1. The van der Waals surface area contributed by atoms with Gasteiger partial charge in [-0.05, 0) is 43.2 Å². The molecule has 2 aromatic carbocycles. The number of nitrogens with zero attached hydrogens (tertiary/aromatic N) is 1. The van der Waals surface area contributed by atoms with Crippen LogP contribution in [0.25, 0.3) is 0 Å². The molecule has 0 bridgehead atoms. The topological polar surface area (TPSA) is 50.8 Å². The number of hydrogen-bond donors (Lipinski definition) is 1. The van der Waals surface area contributed by atoms with Gasteiger partial charge in [0.2, 0.25) is 0 Å². The maximum Gasteiger partial charge on any atom is 0.262 e. The van der Waals surface area contributed by atoms with Gasteiger partial charge < -0.3 is 19.7 Å². The minimum Gasteiger partial charge on any atom is -0.484 e. The van der Waals surface area contributed by atoms with E-state index in [1.807, 2.05) is 36.9 Å². The molecule has 144 valence electrons. The Morgan fingerprint density at radius 1 is 1.22 bits per heavy atom. The summed E-state index contributed by atoms with van der Waals surface area (Å²) in [5, 5.41) is 2.74. The smallest absolute Gasteiger partial charge is 0.262 e. The fraction of sp³-hybridized carbons (Fsp3) is 0.350. The summed E-state index contributed by atoms with van der Waals surface area (Å²) in [5.74, 6) is -0.340. The summed E-state index contributed by atoms with van der Waals surface area (Å²) in [6.45, 7) is 6.24. The van der Waals surface area contributed by atoms with E-state index in [0.29, 0.717) is 43.4 Å². The van der Waals surface area contributed by atoms with E-state index in [0.717, 1.165) is 11.1 Å². The van der Waals surface area contributed by atoms with Gasteiger partial charge in [0.05, 0.1) is 29.6 Å². The Labute approximate surface area is 163 Å². The fourth-order valence-electron chi connectivity index (χ4n) is 2.84. The highest BCUT2D eigenvalue weighted by Crippen LogP contribution is 2.32. The van der Waals surface area contributed by atoms with Crippen molar-refractivity contribution in [1.29, 1.82) is 0 Å². The van der Waals surface area contributed by atoms with Crippen LogP contribution in [0.3, 0.4) is 0 Å². The molecule has 0 saturated carbocycles. The summed E-state index contributed by atoms with van der Waals surface area (Å²) in [4.78, 5) is 14.3. The predicted molar refractivity (Wildman–Crippen MR) is 104 cm³/mol. The Balaban J connectivity index is 1.70. The largest absolute Gasteiger partial charge is 0.484 e. The summed E-state index contributed by atoms with van der Waals surface area (Å²) >= 11 is 5.94. The van der Waals surface area contributed by atoms with Crippen LogP contribution < -0.4 is 15.0 Å². The summed E-state index contributed by atoms with van der Waals surface area (Å²) in [7, 11) is 0. The Morgan fingerprint density at radius 2 is 1.96 bits per heavy atom. The third kappa shape index (κ3) is 4.90. The normalized spacial score (nSPS) is 14.1. The van der Waals surface area contributed by atoms with Gasteiger partial charge in [0.25, 0.3) is 5.91 Å². The van der Waals surface area contributed by atoms with Gasteiger partial charge in [-0.15, -0.1) is 0 Å². The van der Waals surface area contributed by atoms with Crippen molar-refractivity contribution in [3.05, 3.63) is 52.3 Å². The number of nitrogens with one attached hydrogen (secondary N) is 1. The average Bonchev–Trinajstić information content (AvgIpc) is 2.66. The van der Waals surface area contributed by atoms with Crippen molar-refractivity contribution in [3.63, 3.8) is 0 Å². The molecule has 0 aliphatic carbocycles. The second-order valence-corrected chi connectivity index (χ2v) is 6.87. The number of carbonyl (C=O) groups excluding carboxylic acids is 1. The fourth-order valence-corrected chi connectivity index (χ4v) is 3.00. The molecule has 1 heterocycles. The van der Waals surface area contributed by atoms with Crippen molar-refractivity contribution < 1.29 is 18.7 Å². The zero-order valence-corrected chi connectivity index (χ0v) is 16.1. The van der Waals surface area contributed by atoms with Gasteiger partial charge >= 0.3 is 0 Å². The molecule has 0 atom stereocenters. The lowest BCUT2D eigenvalue weighted by Gasteiger charge is -2.30. The van der Waals surface area contributed by atoms with Crippen molar-refractivity contribution in [1.82, 2.24) is 0 Å². The van der Waals surface area contributed by atoms with E-state index >= 15 is 0 Å². The maximum atomic E-state index is 14.0. The molecule has 0 unspecified atom stereocenters. The molecule has 27 heavy (non-hydrogen) atoms. The van der Waals surface area contributed by atoms with Crippen molar-refractivity contribution in [2.24, 2.45) is 0 Å². The van der Waals surface area contributed by atoms with Gasteiger partial charge in [-0.25, -0.2) is 4.39 Å². The number of benzene rings is 2. The van der Waals surface area contributed by atoms with E-state index in [4.69, 9.17) is 21.1 Å². The standard InChI is InChI=1S/C20H22ClFN2O3/c1-13-3-4-15(9-14(13)2)27-12-20(25)23-18-11-17(22)16(21)10-19(18)24-5-7-26-8-6-24/h3-4,9-11H,5-8,12H2,1-2H3,(H,23,25). The van der Waals surface area contributed by atoms with E-state index in [1.54, 1.807) is 0 Å². The van der Waals surface area contributed by atoms with Gasteiger partial charge in [0.15, 0.2) is 6.61 Å². The first-order chi connectivity index (χ1) is 12.9. The van der Waals surface area contributed by atoms with Crippen LogP contribution in [-0.4, -0.2) is 38.8 Å². The molecule has 1 aliphatic heterocycles. The summed E-state index contributed by atoms with van der Waals surface area (Å²) in [6, 6.07) is 8.40. The predicted octanol–water partition coefficient (Wildman–Crippen LogP) is 3.95. The van der Waals surface area contributed by atoms with Gasteiger partial charge in [-0.3, -0.25) is 4.79 Å². The lowest BCUT2D eigenvalue weighted by Crippen LogP contribution is -2.37. The van der Waals surface area contributed by atoms with Gasteiger partial charge in [0, 0.05) is 19.2 Å². The van der Waals surface area contributed by atoms with E-state index in [1.165, 1.54) is 12.1 Å². The molecule has 3 rings (SSSR count). The van der Waals surface area contributed by atoms with E-state index in [-0.39, 0.29) is 17.5 Å². The molecule has 2 aromatic rings. The SMILES string of the molecule is Cc1ccc(OCC(=O)Nc2cc(F)c(Cl)cc2N2CCOCC2)cc1C. The van der Waals surface area contributed by atoms with Crippen LogP contribution >= 0.6 is 11.6 Å². The number of rotatable bonds is 5. The molecule has 1 aliphatic rings. The number of ether oxygens (including phenoxy) is 2. The first-order valence-corrected chi connectivity index (χ1v) is 9.13. The molecule has 1 amide bonds. The molecule has 0 aromatic heterocycles. The van der Waals surface area contributed by atoms with E-state index in [9.17, 15) is 9.18 Å². The second kappa shape index (κ2) is 8.59. The Kier molecular flexibility index (Phi) is 6.19. The second-order valence-electron chi connectivity index (χ2n) is 6.47. The van der Waals surface area contributed by atoms with Crippen molar-refractivity contribution in [2.45, 2.75) is 13.8 Å². The zero-order chi connectivity index (χ0) is 19.4. The highest BCUT2D eigenvalue weighted by Gasteiger charge is 2.19. The number of amides is 1. The Bertz CT molecular complexity index is 838. The molecule has 1 N–H and O–H groups in total. The highest BCUT2D eigenvalue weighted by molar-refractivity contribution is 6.31. The summed E-state index contributed by atoms with van der Waals surface area (Å²) in [6.07, 6.45) is 0. The molecule has 7 heteroatoms. The van der Waals surface area contributed by atoms with Crippen LogP contribution in [0.5, 0.6) is 5.75 Å². The molecule has 0 spiro atoms. The Morgan fingerprint density at radius 3 is 2.67 bits per heavy atom. The number of hydrogen-bond acceptors (Lipinski definition) is 4. The first-order valence-electron chi connectivity index (χ1n) is 8.75. The quantitative estimate of drug-likeness (QED) is 0.837. The molecule has 0 radical (unpaired) electrons.